The molecule has 1 aliphatic rings. The quantitative estimate of drug-likeness (QED) is 0.680. The fourth-order valence-electron chi connectivity index (χ4n) is 3.64. The van der Waals surface area contributed by atoms with Crippen LogP contribution in [0.15, 0.2) is 35.1 Å². The molecule has 26 heavy (non-hydrogen) atoms. The van der Waals surface area contributed by atoms with Gasteiger partial charge in [0.25, 0.3) is 5.71 Å². The summed E-state index contributed by atoms with van der Waals surface area (Å²) in [5, 5.41) is 8.59. The number of hydrogen-bond donors (Lipinski definition) is 1. The van der Waals surface area contributed by atoms with Crippen molar-refractivity contribution in [2.75, 3.05) is 31.5 Å². The molecule has 2 aromatic heterocycles. The Bertz CT molecular complexity index is 870. The summed E-state index contributed by atoms with van der Waals surface area (Å²) in [6, 6.07) is 8.17. The first-order valence-corrected chi connectivity index (χ1v) is 9.45. The van der Waals surface area contributed by atoms with Gasteiger partial charge in [0.05, 0.1) is 0 Å². The topological polar surface area (TPSA) is 67.1 Å². The molecule has 0 spiro atoms. The maximum Gasteiger partial charge on any atom is 0.263 e. The molecule has 3 aromatic rings. The molecule has 0 radical (unpaired) electrons. The zero-order valence-electron chi connectivity index (χ0n) is 15.2. The van der Waals surface area contributed by atoms with Gasteiger partial charge in [0.15, 0.2) is 0 Å². The molecule has 0 amide bonds. The third-order valence-corrected chi connectivity index (χ3v) is 5.07. The van der Waals surface area contributed by atoms with Gasteiger partial charge in [-0.05, 0) is 51.4 Å². The second-order valence-electron chi connectivity index (χ2n) is 6.93. The Balaban J connectivity index is 1.50. The first-order chi connectivity index (χ1) is 12.8. The second-order valence-corrected chi connectivity index (χ2v) is 6.93. The molecule has 0 saturated carbocycles. The Kier molecular flexibility index (Phi) is 5.11. The van der Waals surface area contributed by atoms with Crippen LogP contribution in [0.2, 0.25) is 0 Å². The van der Waals surface area contributed by atoms with Gasteiger partial charge in [0.1, 0.15) is 23.2 Å². The van der Waals surface area contributed by atoms with E-state index in [1.165, 1.54) is 38.7 Å². The number of benzene rings is 1. The highest BCUT2D eigenvalue weighted by Gasteiger charge is 2.17. The van der Waals surface area contributed by atoms with Crippen LogP contribution in [-0.2, 0) is 0 Å². The summed E-state index contributed by atoms with van der Waals surface area (Å²) in [7, 11) is 0. The van der Waals surface area contributed by atoms with Crippen LogP contribution in [-0.4, -0.2) is 46.2 Å². The molecule has 1 aromatic carbocycles. The second kappa shape index (κ2) is 7.83. The smallest absolute Gasteiger partial charge is 0.263 e. The normalized spacial score (nSPS) is 15.4. The largest absolute Gasteiger partial charge is 0.369 e. The Morgan fingerprint density at radius 1 is 1.12 bits per heavy atom. The molecule has 6 nitrogen and oxygen atoms in total. The van der Waals surface area contributed by atoms with Gasteiger partial charge in [-0.1, -0.05) is 35.8 Å². The van der Waals surface area contributed by atoms with Crippen molar-refractivity contribution in [2.24, 2.45) is 0 Å². The number of nitrogens with one attached hydrogen (secondary N) is 1. The molecule has 1 saturated heterocycles. The molecule has 1 fully saturated rings. The molecule has 0 unspecified atom stereocenters. The van der Waals surface area contributed by atoms with Crippen molar-refractivity contribution in [1.82, 2.24) is 20.0 Å². The van der Waals surface area contributed by atoms with Gasteiger partial charge in [-0.25, -0.2) is 4.98 Å². The lowest BCUT2D eigenvalue weighted by Gasteiger charge is -2.26. The van der Waals surface area contributed by atoms with E-state index in [1.54, 1.807) is 0 Å². The van der Waals surface area contributed by atoms with Crippen LogP contribution >= 0.6 is 0 Å². The standard InChI is InChI=1S/C20H25N5O/c1-15-8-3-4-9-16(15)18-17-19(22-14-23-20(17)26-24-18)21-10-7-13-25-11-5-2-6-12-25/h3-4,8-9,14H,2,5-7,10-13H2,1H3,(H,21,22,23). The van der Waals surface area contributed by atoms with E-state index in [1.807, 2.05) is 12.1 Å². The third kappa shape index (κ3) is 3.55. The van der Waals surface area contributed by atoms with E-state index in [2.05, 4.69) is 44.4 Å². The predicted octanol–water partition coefficient (Wildman–Crippen LogP) is 3.88. The van der Waals surface area contributed by atoms with E-state index < -0.39 is 0 Å². The van der Waals surface area contributed by atoms with Gasteiger partial charge in [-0.2, -0.15) is 4.98 Å². The molecule has 0 aliphatic carbocycles. The van der Waals surface area contributed by atoms with Crippen LogP contribution in [0.4, 0.5) is 5.82 Å². The lowest BCUT2D eigenvalue weighted by Crippen LogP contribution is -2.31. The fraction of sp³-hybridized carbons (Fsp3) is 0.450. The minimum atomic E-state index is 0.525. The van der Waals surface area contributed by atoms with Gasteiger partial charge in [0.2, 0.25) is 0 Å². The van der Waals surface area contributed by atoms with Gasteiger partial charge >= 0.3 is 0 Å². The van der Waals surface area contributed by atoms with Gasteiger partial charge in [-0.3, -0.25) is 0 Å². The van der Waals surface area contributed by atoms with Crippen molar-refractivity contribution in [3.05, 3.63) is 36.2 Å². The van der Waals surface area contributed by atoms with E-state index in [-0.39, 0.29) is 0 Å². The van der Waals surface area contributed by atoms with Crippen LogP contribution in [0.25, 0.3) is 22.4 Å². The summed E-state index contributed by atoms with van der Waals surface area (Å²) in [5.41, 5.74) is 3.54. The van der Waals surface area contributed by atoms with Crippen molar-refractivity contribution in [2.45, 2.75) is 32.6 Å². The Hall–Kier alpha value is -2.47. The SMILES string of the molecule is Cc1ccccc1-c1noc2ncnc(NCCCN3CCCCC3)c12. The maximum absolute atomic E-state index is 5.45. The highest BCUT2D eigenvalue weighted by atomic mass is 16.5. The van der Waals surface area contributed by atoms with Crippen molar-refractivity contribution in [3.63, 3.8) is 0 Å². The summed E-state index contributed by atoms with van der Waals surface area (Å²) in [6.45, 7) is 6.56. The maximum atomic E-state index is 5.45. The van der Waals surface area contributed by atoms with E-state index in [4.69, 9.17) is 4.52 Å². The molecule has 6 heteroatoms. The van der Waals surface area contributed by atoms with Gasteiger partial charge in [-0.15, -0.1) is 0 Å². The summed E-state index contributed by atoms with van der Waals surface area (Å²) >= 11 is 0. The highest BCUT2D eigenvalue weighted by molar-refractivity contribution is 5.98. The monoisotopic (exact) mass is 351 g/mol. The van der Waals surface area contributed by atoms with Crippen LogP contribution in [0.3, 0.4) is 0 Å². The summed E-state index contributed by atoms with van der Waals surface area (Å²) < 4.78 is 5.45. The molecular formula is C20H25N5O. The molecule has 1 N–H and O–H groups in total. The van der Waals surface area contributed by atoms with Crippen molar-refractivity contribution in [3.8, 4) is 11.3 Å². The van der Waals surface area contributed by atoms with Crippen LogP contribution < -0.4 is 5.32 Å². The summed E-state index contributed by atoms with van der Waals surface area (Å²) in [6.07, 6.45) is 6.67. The average molecular weight is 351 g/mol. The van der Waals surface area contributed by atoms with E-state index >= 15 is 0 Å². The lowest BCUT2D eigenvalue weighted by atomic mass is 10.0. The molecule has 136 valence electrons. The number of nitrogens with zero attached hydrogens (tertiary/aromatic N) is 4. The van der Waals surface area contributed by atoms with Crippen LogP contribution in [0, 0.1) is 6.92 Å². The molecule has 1 aliphatic heterocycles. The third-order valence-electron chi connectivity index (χ3n) is 5.07. The number of aromatic nitrogens is 3. The van der Waals surface area contributed by atoms with E-state index in [0.29, 0.717) is 5.71 Å². The van der Waals surface area contributed by atoms with Gasteiger partial charge < -0.3 is 14.7 Å². The number of piperidine rings is 1. The molecule has 0 bridgehead atoms. The molecule has 4 rings (SSSR count). The first kappa shape index (κ1) is 17.0. The average Bonchev–Trinajstić information content (AvgIpc) is 3.11. The number of fused-ring (bicyclic) bond motifs is 1. The Labute approximate surface area is 153 Å². The fourth-order valence-corrected chi connectivity index (χ4v) is 3.64. The number of rotatable bonds is 6. The molecular weight excluding hydrogens is 326 g/mol. The summed E-state index contributed by atoms with van der Waals surface area (Å²) in [5.74, 6) is 0.799. The van der Waals surface area contributed by atoms with Crippen molar-refractivity contribution < 1.29 is 4.52 Å². The first-order valence-electron chi connectivity index (χ1n) is 9.45. The van der Waals surface area contributed by atoms with Crippen molar-refractivity contribution in [1.29, 1.82) is 0 Å². The van der Waals surface area contributed by atoms with Crippen molar-refractivity contribution >= 4 is 16.9 Å². The Morgan fingerprint density at radius 2 is 1.96 bits per heavy atom. The summed E-state index contributed by atoms with van der Waals surface area (Å²) in [4.78, 5) is 11.2. The van der Waals surface area contributed by atoms with E-state index in [0.717, 1.165) is 47.5 Å². The predicted molar refractivity (Wildman–Crippen MR) is 103 cm³/mol. The molecule has 3 heterocycles. The Morgan fingerprint density at radius 3 is 2.81 bits per heavy atom. The minimum absolute atomic E-state index is 0.525. The highest BCUT2D eigenvalue weighted by Crippen LogP contribution is 2.32. The van der Waals surface area contributed by atoms with Crippen LogP contribution in [0.5, 0.6) is 0 Å². The zero-order chi connectivity index (χ0) is 17.8. The number of anilines is 1. The number of likely N-dealkylation sites (tertiary alicyclic amines) is 1. The number of aryl methyl sites for hydroxylation is 1. The van der Waals surface area contributed by atoms with E-state index in [9.17, 15) is 0 Å². The molecule has 0 atom stereocenters. The van der Waals surface area contributed by atoms with Crippen LogP contribution in [0.1, 0.15) is 31.2 Å². The number of hydrogen-bond acceptors (Lipinski definition) is 6. The zero-order valence-corrected chi connectivity index (χ0v) is 15.2. The minimum Gasteiger partial charge on any atom is -0.369 e. The lowest BCUT2D eigenvalue weighted by molar-refractivity contribution is 0.228. The van der Waals surface area contributed by atoms with Gasteiger partial charge in [0, 0.05) is 12.1 Å².